The molecule has 0 saturated heterocycles. The molecular formula is C52H99O11P. The van der Waals surface area contributed by atoms with Gasteiger partial charge in [0.2, 0.25) is 0 Å². The van der Waals surface area contributed by atoms with E-state index in [1.165, 1.54) is 128 Å². The van der Waals surface area contributed by atoms with E-state index in [4.69, 9.17) is 23.3 Å². The highest BCUT2D eigenvalue weighted by atomic mass is 31.2. The maximum Gasteiger partial charge on any atom is 0.472 e. The summed E-state index contributed by atoms with van der Waals surface area (Å²) in [6.07, 6.45) is 43.2. The number of rotatable bonds is 50. The first kappa shape index (κ1) is 62.2. The van der Waals surface area contributed by atoms with E-state index in [0.717, 1.165) is 77.0 Å². The van der Waals surface area contributed by atoms with Crippen LogP contribution >= 0.6 is 7.82 Å². The lowest BCUT2D eigenvalue weighted by atomic mass is 10.0. The number of ether oxygens (including phenoxy) is 3. The Bertz CT molecular complexity index is 1130. The fourth-order valence-corrected chi connectivity index (χ4v) is 8.37. The van der Waals surface area contributed by atoms with Crippen molar-refractivity contribution >= 4 is 25.7 Å². The molecule has 0 fully saturated rings. The molecule has 0 aromatic rings. The molecule has 11 nitrogen and oxygen atoms in total. The summed E-state index contributed by atoms with van der Waals surface area (Å²) in [4.78, 5) is 48.2. The van der Waals surface area contributed by atoms with Gasteiger partial charge in [-0.3, -0.25) is 23.4 Å². The highest BCUT2D eigenvalue weighted by molar-refractivity contribution is 7.47. The van der Waals surface area contributed by atoms with Crippen LogP contribution in [0.5, 0.6) is 0 Å². The third kappa shape index (κ3) is 45.4. The Balaban J connectivity index is 4.66. The lowest BCUT2D eigenvalue weighted by molar-refractivity contribution is -0.161. The Kier molecular flexibility index (Phi) is 46.4. The summed E-state index contributed by atoms with van der Waals surface area (Å²) >= 11 is 0. The van der Waals surface area contributed by atoms with Crippen LogP contribution in [0, 0.1) is 0 Å². The van der Waals surface area contributed by atoms with Gasteiger partial charge in [0.1, 0.15) is 12.7 Å². The van der Waals surface area contributed by atoms with E-state index in [2.05, 4.69) is 32.9 Å². The number of allylic oxidation sites excluding steroid dienone is 2. The van der Waals surface area contributed by atoms with Crippen LogP contribution < -0.4 is 0 Å². The zero-order chi connectivity index (χ0) is 47.0. The number of unbranched alkanes of at least 4 members (excludes halogenated alkanes) is 31. The predicted molar refractivity (Wildman–Crippen MR) is 261 cm³/mol. The molecule has 0 aliphatic rings. The maximum absolute atomic E-state index is 12.8. The van der Waals surface area contributed by atoms with Gasteiger partial charge < -0.3 is 24.2 Å². The number of hydrogen-bond acceptors (Lipinski definition) is 10. The fraction of sp³-hybridized carbons (Fsp3) is 0.904. The number of carbonyl (C=O) groups excluding carboxylic acids is 3. The number of aliphatic hydroxyl groups excluding tert-OH is 1. The van der Waals surface area contributed by atoms with Gasteiger partial charge in [-0.1, -0.05) is 213 Å². The Morgan fingerprint density at radius 2 is 0.719 bits per heavy atom. The monoisotopic (exact) mass is 931 g/mol. The molecule has 3 unspecified atom stereocenters. The molecule has 2 N–H and O–H groups in total. The molecule has 0 aromatic heterocycles. The van der Waals surface area contributed by atoms with Gasteiger partial charge in [-0.25, -0.2) is 4.57 Å². The topological polar surface area (TPSA) is 155 Å². The van der Waals surface area contributed by atoms with E-state index in [-0.39, 0.29) is 25.9 Å². The average Bonchev–Trinajstić information content (AvgIpc) is 3.28. The van der Waals surface area contributed by atoms with Crippen LogP contribution in [0.2, 0.25) is 0 Å². The van der Waals surface area contributed by atoms with E-state index < -0.39 is 57.8 Å². The summed E-state index contributed by atoms with van der Waals surface area (Å²) in [5.74, 6) is -1.45. The largest absolute Gasteiger partial charge is 0.472 e. The molecule has 0 amide bonds. The van der Waals surface area contributed by atoms with Crippen molar-refractivity contribution in [3.8, 4) is 0 Å². The summed E-state index contributed by atoms with van der Waals surface area (Å²) in [5, 5.41) is 9.76. The first-order chi connectivity index (χ1) is 31.2. The minimum Gasteiger partial charge on any atom is -0.462 e. The van der Waals surface area contributed by atoms with Gasteiger partial charge in [-0.2, -0.15) is 0 Å². The zero-order valence-electron chi connectivity index (χ0n) is 41.5. The van der Waals surface area contributed by atoms with Crippen molar-refractivity contribution in [1.29, 1.82) is 0 Å². The quantitative estimate of drug-likeness (QED) is 0.0197. The molecule has 12 heteroatoms. The number of phosphoric ester groups is 1. The Morgan fingerprint density at radius 3 is 1.09 bits per heavy atom. The summed E-state index contributed by atoms with van der Waals surface area (Å²) in [7, 11) is -4.73. The van der Waals surface area contributed by atoms with E-state index in [0.29, 0.717) is 19.3 Å². The third-order valence-corrected chi connectivity index (χ3v) is 12.6. The van der Waals surface area contributed by atoms with Crippen LogP contribution in [0.25, 0.3) is 0 Å². The van der Waals surface area contributed by atoms with Gasteiger partial charge in [0.05, 0.1) is 19.8 Å². The van der Waals surface area contributed by atoms with Crippen LogP contribution in [-0.2, 0) is 42.2 Å². The molecule has 0 aliphatic carbocycles. The second-order valence-corrected chi connectivity index (χ2v) is 19.5. The standard InChI is InChI=1S/C52H99O11P/c1-4-7-10-13-16-19-21-23-24-26-28-31-34-37-40-43-52(56)63-49(45-59-50(54)41-38-35-32-29-18-15-12-9-6-3)47-61-64(57,58)60-46-48(44-53)62-51(55)42-39-36-33-30-27-25-22-20-17-14-11-8-5-2/h20,22,48-49,53H,4-19,21,23-47H2,1-3H3,(H,57,58)/b22-20-. The average molecular weight is 931 g/mol. The van der Waals surface area contributed by atoms with Crippen molar-refractivity contribution in [3.63, 3.8) is 0 Å². The lowest BCUT2D eigenvalue weighted by Crippen LogP contribution is -2.30. The van der Waals surface area contributed by atoms with Crippen LogP contribution in [0.3, 0.4) is 0 Å². The molecule has 0 aliphatic heterocycles. The molecule has 3 atom stereocenters. The molecular weight excluding hydrogens is 832 g/mol. The smallest absolute Gasteiger partial charge is 0.462 e. The van der Waals surface area contributed by atoms with Crippen molar-refractivity contribution in [3.05, 3.63) is 12.2 Å². The van der Waals surface area contributed by atoms with Gasteiger partial charge in [0, 0.05) is 19.3 Å². The lowest BCUT2D eigenvalue weighted by Gasteiger charge is -2.21. The molecule has 0 saturated carbocycles. The molecule has 64 heavy (non-hydrogen) atoms. The van der Waals surface area contributed by atoms with Crippen LogP contribution in [0.1, 0.15) is 265 Å². The molecule has 0 radical (unpaired) electrons. The van der Waals surface area contributed by atoms with Gasteiger partial charge in [0.15, 0.2) is 6.10 Å². The Morgan fingerprint density at radius 1 is 0.422 bits per heavy atom. The summed E-state index contributed by atoms with van der Waals surface area (Å²) in [6, 6.07) is 0. The fourth-order valence-electron chi connectivity index (χ4n) is 7.59. The first-order valence-electron chi connectivity index (χ1n) is 26.6. The third-order valence-electron chi connectivity index (χ3n) is 11.7. The molecule has 0 rings (SSSR count). The highest BCUT2D eigenvalue weighted by Gasteiger charge is 2.28. The highest BCUT2D eigenvalue weighted by Crippen LogP contribution is 2.43. The van der Waals surface area contributed by atoms with Gasteiger partial charge in [-0.05, 0) is 44.9 Å². The zero-order valence-corrected chi connectivity index (χ0v) is 42.4. The van der Waals surface area contributed by atoms with Crippen molar-refractivity contribution < 1.29 is 52.2 Å². The molecule has 0 heterocycles. The van der Waals surface area contributed by atoms with Gasteiger partial charge in [-0.15, -0.1) is 0 Å². The van der Waals surface area contributed by atoms with Gasteiger partial charge in [0.25, 0.3) is 0 Å². The minimum absolute atomic E-state index is 0.172. The summed E-state index contributed by atoms with van der Waals surface area (Å²) < 4.78 is 39.3. The van der Waals surface area contributed by atoms with Crippen LogP contribution in [0.4, 0.5) is 0 Å². The second-order valence-electron chi connectivity index (χ2n) is 18.1. The van der Waals surface area contributed by atoms with E-state index >= 15 is 0 Å². The Hall–Kier alpha value is -1.78. The summed E-state index contributed by atoms with van der Waals surface area (Å²) in [5.41, 5.74) is 0. The van der Waals surface area contributed by atoms with E-state index in [9.17, 15) is 28.9 Å². The number of phosphoric acid groups is 1. The second kappa shape index (κ2) is 47.7. The maximum atomic E-state index is 12.8. The number of aliphatic hydroxyl groups is 1. The summed E-state index contributed by atoms with van der Waals surface area (Å²) in [6.45, 7) is 4.62. The van der Waals surface area contributed by atoms with Crippen LogP contribution in [0.15, 0.2) is 12.2 Å². The molecule has 0 aromatic carbocycles. The number of hydrogen-bond donors (Lipinski definition) is 2. The minimum atomic E-state index is -4.73. The normalized spacial score (nSPS) is 13.5. The van der Waals surface area contributed by atoms with Crippen molar-refractivity contribution in [2.45, 2.75) is 277 Å². The SMILES string of the molecule is CCCCCC/C=C\CCCCCCCC(=O)OC(CO)COP(=O)(O)OCC(COC(=O)CCCCCCCCCCC)OC(=O)CCCCCCCCCCCCCCCCC. The van der Waals surface area contributed by atoms with Gasteiger partial charge >= 0.3 is 25.7 Å². The number of esters is 3. The van der Waals surface area contributed by atoms with Crippen molar-refractivity contribution in [2.24, 2.45) is 0 Å². The van der Waals surface area contributed by atoms with E-state index in [1.807, 2.05) is 0 Å². The molecule has 378 valence electrons. The molecule has 0 bridgehead atoms. The first-order valence-corrected chi connectivity index (χ1v) is 28.1. The van der Waals surface area contributed by atoms with E-state index in [1.54, 1.807) is 0 Å². The van der Waals surface area contributed by atoms with Crippen molar-refractivity contribution in [1.82, 2.24) is 0 Å². The predicted octanol–water partition coefficient (Wildman–Crippen LogP) is 14.9. The van der Waals surface area contributed by atoms with Crippen LogP contribution in [-0.4, -0.2) is 66.5 Å². The molecule has 0 spiro atoms. The Labute approximate surface area is 392 Å². The number of carbonyl (C=O) groups is 3. The van der Waals surface area contributed by atoms with Crippen molar-refractivity contribution in [2.75, 3.05) is 26.4 Å².